The van der Waals surface area contributed by atoms with E-state index < -0.39 is 9.84 Å². The normalized spacial score (nSPS) is 25.2. The van der Waals surface area contributed by atoms with Crippen molar-refractivity contribution in [2.75, 3.05) is 31.1 Å². The van der Waals surface area contributed by atoms with E-state index >= 15 is 0 Å². The van der Waals surface area contributed by atoms with Crippen LogP contribution in [0.4, 0.5) is 0 Å². The quantitative estimate of drug-likeness (QED) is 0.804. The van der Waals surface area contributed by atoms with Gasteiger partial charge in [0, 0.05) is 30.3 Å². The van der Waals surface area contributed by atoms with Gasteiger partial charge in [0.05, 0.1) is 23.7 Å². The van der Waals surface area contributed by atoms with Crippen LogP contribution in [-0.2, 0) is 9.84 Å². The number of oxazole rings is 1. The number of fused-ring (bicyclic) bond motifs is 1. The fourth-order valence-electron chi connectivity index (χ4n) is 3.97. The van der Waals surface area contributed by atoms with Crippen molar-refractivity contribution < 1.29 is 17.6 Å². The zero-order valence-corrected chi connectivity index (χ0v) is 15.4. The van der Waals surface area contributed by atoms with E-state index in [0.717, 1.165) is 12.1 Å². The molecular formula is C18H21N3O4S. The van der Waals surface area contributed by atoms with E-state index in [0.29, 0.717) is 24.4 Å². The van der Waals surface area contributed by atoms with Crippen molar-refractivity contribution in [1.29, 1.82) is 0 Å². The van der Waals surface area contributed by atoms with Crippen molar-refractivity contribution in [3.05, 3.63) is 42.4 Å². The fraction of sp³-hybridized carbons (Fsp3) is 0.444. The van der Waals surface area contributed by atoms with Gasteiger partial charge in [-0.2, -0.15) is 0 Å². The largest absolute Gasteiger partial charge is 0.444 e. The molecule has 1 amide bonds. The Morgan fingerprint density at radius 1 is 1.19 bits per heavy atom. The summed E-state index contributed by atoms with van der Waals surface area (Å²) in [4.78, 5) is 20.8. The van der Waals surface area contributed by atoms with Gasteiger partial charge in [-0.25, -0.2) is 13.4 Å². The van der Waals surface area contributed by atoms with E-state index in [-0.39, 0.29) is 29.5 Å². The predicted molar refractivity (Wildman–Crippen MR) is 96.5 cm³/mol. The molecule has 0 radical (unpaired) electrons. The molecule has 8 heteroatoms. The minimum Gasteiger partial charge on any atom is -0.444 e. The summed E-state index contributed by atoms with van der Waals surface area (Å²) >= 11 is 0. The molecule has 0 saturated carbocycles. The lowest BCUT2D eigenvalue weighted by Crippen LogP contribution is -2.60. The summed E-state index contributed by atoms with van der Waals surface area (Å²) in [5, 5.41) is 0. The van der Waals surface area contributed by atoms with Crippen molar-refractivity contribution in [1.82, 2.24) is 14.8 Å². The van der Waals surface area contributed by atoms with Crippen molar-refractivity contribution in [2.24, 2.45) is 0 Å². The molecule has 26 heavy (non-hydrogen) atoms. The van der Waals surface area contributed by atoms with Gasteiger partial charge < -0.3 is 9.32 Å². The molecule has 2 aromatic rings. The lowest BCUT2D eigenvalue weighted by atomic mass is 10.0. The first-order valence-corrected chi connectivity index (χ1v) is 10.5. The van der Waals surface area contributed by atoms with E-state index in [1.54, 1.807) is 23.2 Å². The Morgan fingerprint density at radius 3 is 2.58 bits per heavy atom. The number of nitrogens with zero attached hydrogens (tertiary/aromatic N) is 3. The molecule has 4 rings (SSSR count). The highest BCUT2D eigenvalue weighted by Gasteiger charge is 2.47. The lowest BCUT2D eigenvalue weighted by Gasteiger charge is -2.43. The van der Waals surface area contributed by atoms with Crippen molar-refractivity contribution >= 4 is 15.7 Å². The molecule has 2 unspecified atom stereocenters. The summed E-state index contributed by atoms with van der Waals surface area (Å²) in [5.41, 5.74) is 1.40. The molecule has 2 atom stereocenters. The Kier molecular flexibility index (Phi) is 4.32. The minimum absolute atomic E-state index is 0.0516. The van der Waals surface area contributed by atoms with Gasteiger partial charge in [-0.15, -0.1) is 0 Å². The van der Waals surface area contributed by atoms with E-state index in [4.69, 9.17) is 4.42 Å². The SMILES string of the molecule is CCN1CCN(C(=O)c2ccc(-c3cnco3)cc2)C2CS(=O)(=O)CC21. The number of rotatable bonds is 3. The Morgan fingerprint density at radius 2 is 1.92 bits per heavy atom. The van der Waals surface area contributed by atoms with Gasteiger partial charge in [0.15, 0.2) is 22.0 Å². The molecule has 2 aliphatic rings. The highest BCUT2D eigenvalue weighted by Crippen LogP contribution is 2.28. The molecule has 138 valence electrons. The molecule has 2 saturated heterocycles. The van der Waals surface area contributed by atoms with Gasteiger partial charge in [0.1, 0.15) is 0 Å². The Balaban J connectivity index is 1.58. The zero-order valence-electron chi connectivity index (χ0n) is 14.5. The third kappa shape index (κ3) is 3.03. The molecule has 1 aromatic heterocycles. The average molecular weight is 375 g/mol. The number of amides is 1. The maximum atomic E-state index is 13.0. The van der Waals surface area contributed by atoms with Crippen LogP contribution >= 0.6 is 0 Å². The minimum atomic E-state index is -3.11. The first kappa shape index (κ1) is 17.2. The van der Waals surface area contributed by atoms with Gasteiger partial charge in [-0.3, -0.25) is 9.69 Å². The number of benzene rings is 1. The van der Waals surface area contributed by atoms with Gasteiger partial charge in [0.2, 0.25) is 0 Å². The summed E-state index contributed by atoms with van der Waals surface area (Å²) < 4.78 is 29.6. The number of sulfone groups is 1. The molecule has 2 fully saturated rings. The van der Waals surface area contributed by atoms with Crippen LogP contribution < -0.4 is 0 Å². The van der Waals surface area contributed by atoms with E-state index in [1.807, 2.05) is 19.1 Å². The van der Waals surface area contributed by atoms with Gasteiger partial charge in [-0.05, 0) is 18.7 Å². The van der Waals surface area contributed by atoms with Crippen LogP contribution in [0.2, 0.25) is 0 Å². The maximum Gasteiger partial charge on any atom is 0.254 e. The highest BCUT2D eigenvalue weighted by atomic mass is 32.2. The summed E-state index contributed by atoms with van der Waals surface area (Å²) in [5.74, 6) is 0.718. The van der Waals surface area contributed by atoms with Crippen LogP contribution in [0.3, 0.4) is 0 Å². The topological polar surface area (TPSA) is 83.7 Å². The molecule has 0 N–H and O–H groups in total. The van der Waals surface area contributed by atoms with Crippen molar-refractivity contribution in [3.8, 4) is 11.3 Å². The molecule has 0 aliphatic carbocycles. The van der Waals surface area contributed by atoms with E-state index in [9.17, 15) is 13.2 Å². The van der Waals surface area contributed by atoms with E-state index in [1.165, 1.54) is 6.39 Å². The van der Waals surface area contributed by atoms with Crippen LogP contribution in [0.5, 0.6) is 0 Å². The Labute approximate surface area is 152 Å². The zero-order chi connectivity index (χ0) is 18.3. The summed E-state index contributed by atoms with van der Waals surface area (Å²) in [6.07, 6.45) is 2.98. The Bertz CT molecular complexity index is 893. The molecule has 0 spiro atoms. The van der Waals surface area contributed by atoms with Crippen LogP contribution in [0.15, 0.2) is 41.3 Å². The van der Waals surface area contributed by atoms with Crippen LogP contribution in [-0.4, -0.2) is 72.3 Å². The van der Waals surface area contributed by atoms with Gasteiger partial charge >= 0.3 is 0 Å². The number of aromatic nitrogens is 1. The number of carbonyl (C=O) groups is 1. The summed E-state index contributed by atoms with van der Waals surface area (Å²) in [7, 11) is -3.11. The van der Waals surface area contributed by atoms with E-state index in [2.05, 4.69) is 9.88 Å². The van der Waals surface area contributed by atoms with Gasteiger partial charge in [0.25, 0.3) is 5.91 Å². The maximum absolute atomic E-state index is 13.0. The highest BCUT2D eigenvalue weighted by molar-refractivity contribution is 7.91. The van der Waals surface area contributed by atoms with Crippen LogP contribution in [0.25, 0.3) is 11.3 Å². The molecule has 1 aromatic carbocycles. The second-order valence-electron chi connectivity index (χ2n) is 6.78. The van der Waals surface area contributed by atoms with Crippen molar-refractivity contribution in [3.63, 3.8) is 0 Å². The summed E-state index contributed by atoms with van der Waals surface area (Å²) in [6.45, 7) is 4.08. The standard InChI is InChI=1S/C18H21N3O4S/c1-2-20-7-8-21(16-11-26(23,24)10-15(16)20)18(22)14-5-3-13(4-6-14)17-9-19-12-25-17/h3-6,9,12,15-16H,2,7-8,10-11H2,1H3. The molecule has 7 nitrogen and oxygen atoms in total. The number of carbonyl (C=O) groups excluding carboxylic acids is 1. The predicted octanol–water partition coefficient (Wildman–Crippen LogP) is 1.28. The van der Waals surface area contributed by atoms with Crippen LogP contribution in [0, 0.1) is 0 Å². The second kappa shape index (κ2) is 6.51. The fourth-order valence-corrected chi connectivity index (χ4v) is 5.98. The molecular weight excluding hydrogens is 354 g/mol. The smallest absolute Gasteiger partial charge is 0.254 e. The number of likely N-dealkylation sites (N-methyl/N-ethyl adjacent to an activating group) is 1. The van der Waals surface area contributed by atoms with Gasteiger partial charge in [-0.1, -0.05) is 19.1 Å². The van der Waals surface area contributed by atoms with Crippen molar-refractivity contribution in [2.45, 2.75) is 19.0 Å². The van der Waals surface area contributed by atoms with Crippen LogP contribution in [0.1, 0.15) is 17.3 Å². The molecule has 2 aliphatic heterocycles. The molecule has 3 heterocycles. The first-order chi connectivity index (χ1) is 12.5. The average Bonchev–Trinajstić information content (AvgIpc) is 3.27. The summed E-state index contributed by atoms with van der Waals surface area (Å²) in [6, 6.07) is 6.78. The second-order valence-corrected chi connectivity index (χ2v) is 8.94. The number of hydrogen-bond acceptors (Lipinski definition) is 6. The first-order valence-electron chi connectivity index (χ1n) is 8.73. The number of hydrogen-bond donors (Lipinski definition) is 0. The molecule has 0 bridgehead atoms. The third-order valence-electron chi connectivity index (χ3n) is 5.31. The third-order valence-corrected chi connectivity index (χ3v) is 7.01. The Hall–Kier alpha value is -2.19. The lowest BCUT2D eigenvalue weighted by molar-refractivity contribution is 0.0349. The monoisotopic (exact) mass is 375 g/mol. The number of piperazine rings is 1.